The highest BCUT2D eigenvalue weighted by Crippen LogP contribution is 2.26. The van der Waals surface area contributed by atoms with Crippen LogP contribution in [0.25, 0.3) is 0 Å². The lowest BCUT2D eigenvalue weighted by atomic mass is 10.1. The van der Waals surface area contributed by atoms with Crippen molar-refractivity contribution in [2.24, 2.45) is 0 Å². The third-order valence-electron chi connectivity index (χ3n) is 3.30. The van der Waals surface area contributed by atoms with Crippen LogP contribution in [0.3, 0.4) is 0 Å². The molecule has 0 aromatic heterocycles. The molecule has 0 spiro atoms. The van der Waals surface area contributed by atoms with Crippen LogP contribution in [0.15, 0.2) is 40.9 Å². The Morgan fingerprint density at radius 2 is 1.87 bits per heavy atom. The van der Waals surface area contributed by atoms with Gasteiger partial charge in [-0.1, -0.05) is 28.1 Å². The molecule has 0 unspecified atom stereocenters. The maximum Gasteiger partial charge on any atom is 0.262 e. The normalized spacial score (nSPS) is 10.4. The summed E-state index contributed by atoms with van der Waals surface area (Å²) in [6, 6.07) is 11.4. The number of methoxy groups -OCH3 is 1. The van der Waals surface area contributed by atoms with Crippen molar-refractivity contribution in [3.63, 3.8) is 0 Å². The van der Waals surface area contributed by atoms with Crippen LogP contribution in [0, 0.1) is 13.8 Å². The number of carbonyl (C=O) groups excluding carboxylic acids is 1. The van der Waals surface area contributed by atoms with Gasteiger partial charge in [-0.25, -0.2) is 0 Å². The molecule has 0 fully saturated rings. The number of benzene rings is 2. The van der Waals surface area contributed by atoms with Crippen LogP contribution >= 0.6 is 15.9 Å². The number of carbonyl (C=O) groups is 1. The SMILES string of the molecule is COCc1cccc(NC(=O)COc2cc(C)c(Br)c(C)c2)c1. The van der Waals surface area contributed by atoms with Gasteiger partial charge in [-0.15, -0.1) is 0 Å². The molecule has 1 amide bonds. The van der Waals surface area contributed by atoms with Gasteiger partial charge in [0.05, 0.1) is 6.61 Å². The molecule has 0 saturated heterocycles. The maximum atomic E-state index is 12.0. The molecule has 4 nitrogen and oxygen atoms in total. The third-order valence-corrected chi connectivity index (χ3v) is 4.55. The van der Waals surface area contributed by atoms with Crippen molar-refractivity contribution in [2.45, 2.75) is 20.5 Å². The molecule has 0 radical (unpaired) electrons. The smallest absolute Gasteiger partial charge is 0.262 e. The minimum Gasteiger partial charge on any atom is -0.484 e. The minimum atomic E-state index is -0.196. The van der Waals surface area contributed by atoms with Crippen molar-refractivity contribution in [3.05, 3.63) is 57.6 Å². The molecule has 0 aliphatic heterocycles. The Balaban J connectivity index is 1.94. The molecular formula is C18H20BrNO3. The molecule has 0 saturated carbocycles. The van der Waals surface area contributed by atoms with Gasteiger partial charge in [0.15, 0.2) is 6.61 Å². The van der Waals surface area contributed by atoms with Gasteiger partial charge in [-0.2, -0.15) is 0 Å². The first-order chi connectivity index (χ1) is 11.0. The molecule has 2 aromatic carbocycles. The van der Waals surface area contributed by atoms with Crippen LogP contribution in [-0.4, -0.2) is 19.6 Å². The molecule has 2 rings (SSSR count). The standard InChI is InChI=1S/C18H20BrNO3/c1-12-7-16(8-13(2)18(12)19)23-11-17(21)20-15-6-4-5-14(9-15)10-22-3/h4-9H,10-11H2,1-3H3,(H,20,21). The first-order valence-electron chi connectivity index (χ1n) is 7.27. The quantitative estimate of drug-likeness (QED) is 0.819. The van der Waals surface area contributed by atoms with Crippen LogP contribution in [-0.2, 0) is 16.1 Å². The molecule has 0 aliphatic carbocycles. The second kappa shape index (κ2) is 8.13. The number of halogens is 1. The van der Waals surface area contributed by atoms with Gasteiger partial charge in [-0.3, -0.25) is 4.79 Å². The second-order valence-electron chi connectivity index (χ2n) is 5.34. The zero-order chi connectivity index (χ0) is 16.8. The maximum absolute atomic E-state index is 12.0. The van der Waals surface area contributed by atoms with E-state index in [4.69, 9.17) is 9.47 Å². The Bertz CT molecular complexity index is 677. The number of amides is 1. The predicted octanol–water partition coefficient (Wildman–Crippen LogP) is 4.23. The fourth-order valence-electron chi connectivity index (χ4n) is 2.24. The molecule has 122 valence electrons. The Kier molecular flexibility index (Phi) is 6.19. The lowest BCUT2D eigenvalue weighted by Crippen LogP contribution is -2.20. The summed E-state index contributed by atoms with van der Waals surface area (Å²) in [6.45, 7) is 4.46. The van der Waals surface area contributed by atoms with Crippen LogP contribution in [0.2, 0.25) is 0 Å². The Morgan fingerprint density at radius 1 is 1.17 bits per heavy atom. The van der Waals surface area contributed by atoms with Gasteiger partial charge < -0.3 is 14.8 Å². The van der Waals surface area contributed by atoms with Crippen molar-refractivity contribution >= 4 is 27.5 Å². The van der Waals surface area contributed by atoms with Crippen LogP contribution < -0.4 is 10.1 Å². The number of anilines is 1. The van der Waals surface area contributed by atoms with Gasteiger partial charge in [0.2, 0.25) is 0 Å². The van der Waals surface area contributed by atoms with E-state index in [0.29, 0.717) is 12.4 Å². The molecule has 5 heteroatoms. The number of nitrogens with one attached hydrogen (secondary N) is 1. The first-order valence-corrected chi connectivity index (χ1v) is 8.06. The third kappa shape index (κ3) is 5.08. The number of ether oxygens (including phenoxy) is 2. The van der Waals surface area contributed by atoms with Crippen molar-refractivity contribution in [1.82, 2.24) is 0 Å². The lowest BCUT2D eigenvalue weighted by molar-refractivity contribution is -0.118. The highest BCUT2D eigenvalue weighted by atomic mass is 79.9. The van der Waals surface area contributed by atoms with Crippen molar-refractivity contribution in [2.75, 3.05) is 19.0 Å². The summed E-state index contributed by atoms with van der Waals surface area (Å²) in [6.07, 6.45) is 0. The van der Waals surface area contributed by atoms with Crippen molar-refractivity contribution < 1.29 is 14.3 Å². The molecule has 0 aliphatic rings. The summed E-state index contributed by atoms with van der Waals surface area (Å²) >= 11 is 3.51. The van der Waals surface area contributed by atoms with E-state index >= 15 is 0 Å². The highest BCUT2D eigenvalue weighted by Gasteiger charge is 2.07. The Hall–Kier alpha value is -1.85. The van der Waals surface area contributed by atoms with Crippen molar-refractivity contribution in [3.8, 4) is 5.75 Å². The van der Waals surface area contributed by atoms with Crippen LogP contribution in [0.4, 0.5) is 5.69 Å². The van der Waals surface area contributed by atoms with Gasteiger partial charge >= 0.3 is 0 Å². The summed E-state index contributed by atoms with van der Waals surface area (Å²) in [5.41, 5.74) is 3.89. The first kappa shape index (κ1) is 17.5. The zero-order valence-corrected chi connectivity index (χ0v) is 15.1. The van der Waals surface area contributed by atoms with E-state index in [1.54, 1.807) is 7.11 Å². The summed E-state index contributed by atoms with van der Waals surface area (Å²) < 4.78 is 11.7. The van der Waals surface area contributed by atoms with Gasteiger partial charge in [0, 0.05) is 17.3 Å². The topological polar surface area (TPSA) is 47.6 Å². The largest absolute Gasteiger partial charge is 0.484 e. The fraction of sp³-hybridized carbons (Fsp3) is 0.278. The Labute approximate surface area is 144 Å². The Morgan fingerprint density at radius 3 is 2.52 bits per heavy atom. The van der Waals surface area contributed by atoms with E-state index in [-0.39, 0.29) is 12.5 Å². The van der Waals surface area contributed by atoms with E-state index in [1.807, 2.05) is 50.2 Å². The fourth-order valence-corrected chi connectivity index (χ4v) is 2.47. The summed E-state index contributed by atoms with van der Waals surface area (Å²) in [5.74, 6) is 0.490. The molecule has 2 aromatic rings. The molecule has 1 N–H and O–H groups in total. The van der Waals surface area contributed by atoms with Gasteiger partial charge in [0.25, 0.3) is 5.91 Å². The number of aryl methyl sites for hydroxylation is 2. The summed E-state index contributed by atoms with van der Waals surface area (Å²) in [4.78, 5) is 12.0. The van der Waals surface area contributed by atoms with E-state index < -0.39 is 0 Å². The number of hydrogen-bond donors (Lipinski definition) is 1. The monoisotopic (exact) mass is 377 g/mol. The molecule has 0 heterocycles. The summed E-state index contributed by atoms with van der Waals surface area (Å²) in [5, 5.41) is 2.82. The molecule has 0 bridgehead atoms. The number of hydrogen-bond acceptors (Lipinski definition) is 3. The zero-order valence-electron chi connectivity index (χ0n) is 13.5. The predicted molar refractivity (Wildman–Crippen MR) is 94.9 cm³/mol. The molecular weight excluding hydrogens is 358 g/mol. The van der Waals surface area contributed by atoms with Gasteiger partial charge in [-0.05, 0) is 54.8 Å². The second-order valence-corrected chi connectivity index (χ2v) is 6.13. The van der Waals surface area contributed by atoms with E-state index in [9.17, 15) is 4.79 Å². The molecule has 23 heavy (non-hydrogen) atoms. The van der Waals surface area contributed by atoms with Gasteiger partial charge in [0.1, 0.15) is 5.75 Å². The highest BCUT2D eigenvalue weighted by molar-refractivity contribution is 9.10. The van der Waals surface area contributed by atoms with Crippen LogP contribution in [0.1, 0.15) is 16.7 Å². The van der Waals surface area contributed by atoms with E-state index in [1.165, 1.54) is 0 Å². The minimum absolute atomic E-state index is 0.0327. The van der Waals surface area contributed by atoms with E-state index in [2.05, 4.69) is 21.2 Å². The lowest BCUT2D eigenvalue weighted by Gasteiger charge is -2.11. The van der Waals surface area contributed by atoms with Crippen LogP contribution in [0.5, 0.6) is 5.75 Å². The van der Waals surface area contributed by atoms with Crippen molar-refractivity contribution in [1.29, 1.82) is 0 Å². The van der Waals surface area contributed by atoms with E-state index in [0.717, 1.165) is 26.9 Å². The average Bonchev–Trinajstić information content (AvgIpc) is 2.51. The molecule has 0 atom stereocenters. The number of rotatable bonds is 6. The summed E-state index contributed by atoms with van der Waals surface area (Å²) in [7, 11) is 1.64. The average molecular weight is 378 g/mol.